The van der Waals surface area contributed by atoms with Crippen molar-refractivity contribution >= 4 is 22.6 Å². The minimum atomic E-state index is -4.92. The first-order valence-corrected chi connectivity index (χ1v) is 9.44. The molecule has 0 aliphatic rings. The molecule has 0 aliphatic heterocycles. The van der Waals surface area contributed by atoms with Crippen LogP contribution in [0.3, 0.4) is 0 Å². The Hall–Kier alpha value is -2.66. The summed E-state index contributed by atoms with van der Waals surface area (Å²) in [4.78, 5) is 12.7. The molecule has 1 aromatic carbocycles. The normalized spacial score (nSPS) is 12.5. The van der Waals surface area contributed by atoms with Crippen molar-refractivity contribution in [3.63, 3.8) is 0 Å². The lowest BCUT2D eigenvalue weighted by atomic mass is 10.1. The first-order chi connectivity index (χ1) is 13.4. The summed E-state index contributed by atoms with van der Waals surface area (Å²) in [6, 6.07) is 2.09. The third-order valence-electron chi connectivity index (χ3n) is 3.84. The summed E-state index contributed by atoms with van der Waals surface area (Å²) >= 11 is 0. The van der Waals surface area contributed by atoms with Crippen molar-refractivity contribution in [2.45, 2.75) is 24.4 Å². The van der Waals surface area contributed by atoms with E-state index in [1.165, 1.54) is 17.8 Å². The fraction of sp³-hybridized carbons (Fsp3) is 0.278. The number of anilines is 1. The molecule has 0 radical (unpaired) electrons. The van der Waals surface area contributed by atoms with Crippen molar-refractivity contribution in [1.29, 1.82) is 0 Å². The molecular formula is C18H19F4N3O3S. The van der Waals surface area contributed by atoms with E-state index in [1.54, 1.807) is 6.92 Å². The van der Waals surface area contributed by atoms with Crippen LogP contribution in [0.4, 0.5) is 23.2 Å². The number of alkyl halides is 3. The number of halogens is 4. The lowest BCUT2D eigenvalue weighted by Gasteiger charge is -2.13. The highest BCUT2D eigenvalue weighted by molar-refractivity contribution is 7.82. The number of nitrogens with one attached hydrogen (secondary N) is 1. The molecule has 0 spiro atoms. The van der Waals surface area contributed by atoms with Crippen LogP contribution >= 0.6 is 0 Å². The van der Waals surface area contributed by atoms with Gasteiger partial charge >= 0.3 is 6.18 Å². The molecule has 1 heterocycles. The maximum Gasteiger partial charge on any atom is 0.419 e. The van der Waals surface area contributed by atoms with Gasteiger partial charge in [0.15, 0.2) is 11.4 Å². The van der Waals surface area contributed by atoms with Gasteiger partial charge in [-0.15, -0.1) is 6.58 Å². The van der Waals surface area contributed by atoms with Crippen LogP contribution in [0.5, 0.6) is 5.75 Å². The predicted octanol–water partition coefficient (Wildman–Crippen LogP) is 3.76. The van der Waals surface area contributed by atoms with Crippen LogP contribution in [-0.4, -0.2) is 21.3 Å². The highest BCUT2D eigenvalue weighted by atomic mass is 32.2. The van der Waals surface area contributed by atoms with E-state index >= 15 is 0 Å². The van der Waals surface area contributed by atoms with Gasteiger partial charge in [-0.3, -0.25) is 4.79 Å². The number of nitrogens with zero attached hydrogens (tertiary/aromatic N) is 1. The summed E-state index contributed by atoms with van der Waals surface area (Å²) in [5, 5.41) is 7.70. The summed E-state index contributed by atoms with van der Waals surface area (Å²) < 4.78 is 70.7. The van der Waals surface area contributed by atoms with Gasteiger partial charge in [0, 0.05) is 25.4 Å². The Labute approximate surface area is 166 Å². The van der Waals surface area contributed by atoms with Gasteiger partial charge < -0.3 is 14.6 Å². The number of carbonyl (C=O) groups is 1. The molecule has 11 heteroatoms. The van der Waals surface area contributed by atoms with Gasteiger partial charge in [0.2, 0.25) is 0 Å². The lowest BCUT2D eigenvalue weighted by molar-refractivity contribution is -0.139. The summed E-state index contributed by atoms with van der Waals surface area (Å²) in [5.74, 6) is -2.35. The molecular weight excluding hydrogens is 414 g/mol. The molecule has 2 rings (SSSR count). The van der Waals surface area contributed by atoms with Gasteiger partial charge in [-0.05, 0) is 25.1 Å². The van der Waals surface area contributed by atoms with Crippen molar-refractivity contribution in [3.05, 3.63) is 53.6 Å². The van der Waals surface area contributed by atoms with Crippen LogP contribution in [-0.2, 0) is 24.2 Å². The predicted molar refractivity (Wildman–Crippen MR) is 100 cm³/mol. The Morgan fingerprint density at radius 1 is 1.38 bits per heavy atom. The zero-order valence-electron chi connectivity index (χ0n) is 15.6. The first kappa shape index (κ1) is 22.6. The van der Waals surface area contributed by atoms with Gasteiger partial charge in [-0.25, -0.2) is 13.7 Å². The maximum atomic E-state index is 13.4. The van der Waals surface area contributed by atoms with Crippen molar-refractivity contribution in [3.8, 4) is 5.75 Å². The van der Waals surface area contributed by atoms with Gasteiger partial charge in [0.25, 0.3) is 5.91 Å². The number of aryl methyl sites for hydroxylation is 1. The van der Waals surface area contributed by atoms with Crippen LogP contribution in [0, 0.1) is 5.82 Å². The van der Waals surface area contributed by atoms with E-state index in [0.29, 0.717) is 18.6 Å². The lowest BCUT2D eigenvalue weighted by Crippen LogP contribution is -2.18. The summed E-state index contributed by atoms with van der Waals surface area (Å²) in [5.41, 5.74) is -1.07. The van der Waals surface area contributed by atoms with Gasteiger partial charge in [-0.2, -0.15) is 13.2 Å². The molecule has 1 aromatic heterocycles. The third kappa shape index (κ3) is 5.45. The Morgan fingerprint density at radius 2 is 2.03 bits per heavy atom. The summed E-state index contributed by atoms with van der Waals surface area (Å²) in [7, 11) is -0.511. The van der Waals surface area contributed by atoms with Crippen LogP contribution in [0.1, 0.15) is 29.4 Å². The number of amides is 1. The Kier molecular flexibility index (Phi) is 6.85. The van der Waals surface area contributed by atoms with Gasteiger partial charge in [0.1, 0.15) is 21.7 Å². The standard InChI is InChI=1S/C18H19F4N3O3S/c1-10(2)6-7-28-16-14(29(23)27)9-25(3)15(16)17(26)24-11-4-5-13(19)12(8-11)18(20,21)22/h4-5,8-9H,1,6-7,23H2,2-3H3,(H,24,26). The van der Waals surface area contributed by atoms with Crippen LogP contribution < -0.4 is 15.2 Å². The zero-order valence-corrected chi connectivity index (χ0v) is 16.4. The van der Waals surface area contributed by atoms with E-state index in [1.807, 2.05) is 0 Å². The molecule has 1 amide bonds. The minimum Gasteiger partial charge on any atom is -0.489 e. The molecule has 0 aliphatic carbocycles. The molecule has 0 saturated heterocycles. The number of nitrogens with two attached hydrogens (primary N) is 1. The molecule has 0 saturated carbocycles. The third-order valence-corrected chi connectivity index (χ3v) is 4.56. The molecule has 29 heavy (non-hydrogen) atoms. The Balaban J connectivity index is 2.37. The first-order valence-electron chi connectivity index (χ1n) is 8.22. The molecule has 1 atom stereocenters. The average molecular weight is 433 g/mol. The second-order valence-electron chi connectivity index (χ2n) is 6.28. The van der Waals surface area contributed by atoms with Crippen LogP contribution in [0.2, 0.25) is 0 Å². The highest BCUT2D eigenvalue weighted by Gasteiger charge is 2.34. The Morgan fingerprint density at radius 3 is 2.59 bits per heavy atom. The number of hydrogen-bond donors (Lipinski definition) is 2. The van der Waals surface area contributed by atoms with Crippen molar-refractivity contribution in [2.24, 2.45) is 12.2 Å². The molecule has 2 aromatic rings. The monoisotopic (exact) mass is 433 g/mol. The number of aromatic nitrogens is 1. The SMILES string of the molecule is C=C(C)CCOc1c(S(N)=O)cn(C)c1C(=O)Nc1ccc(F)c(C(F)(F)F)c1. The van der Waals surface area contributed by atoms with Crippen LogP contribution in [0.15, 0.2) is 41.4 Å². The summed E-state index contributed by atoms with van der Waals surface area (Å²) in [6.45, 7) is 5.62. The minimum absolute atomic E-state index is 0.0504. The quantitative estimate of drug-likeness (QED) is 0.515. The molecule has 1 unspecified atom stereocenters. The number of rotatable bonds is 7. The zero-order chi connectivity index (χ0) is 21.9. The molecule has 0 bridgehead atoms. The van der Waals surface area contributed by atoms with Gasteiger partial charge in [0.05, 0.1) is 12.2 Å². The molecule has 3 N–H and O–H groups in total. The average Bonchev–Trinajstić information content (AvgIpc) is 2.92. The van der Waals surface area contributed by atoms with Crippen molar-refractivity contribution < 1.29 is 31.3 Å². The number of hydrogen-bond acceptors (Lipinski definition) is 3. The van der Waals surface area contributed by atoms with E-state index in [9.17, 15) is 26.6 Å². The van der Waals surface area contributed by atoms with E-state index in [2.05, 4.69) is 11.9 Å². The Bertz CT molecular complexity index is 970. The number of benzene rings is 1. The molecule has 0 fully saturated rings. The van der Waals surface area contributed by atoms with E-state index in [4.69, 9.17) is 9.88 Å². The largest absolute Gasteiger partial charge is 0.489 e. The van der Waals surface area contributed by atoms with Crippen LogP contribution in [0.25, 0.3) is 0 Å². The van der Waals surface area contributed by atoms with E-state index in [-0.39, 0.29) is 28.6 Å². The van der Waals surface area contributed by atoms with E-state index in [0.717, 1.165) is 11.6 Å². The number of carbonyl (C=O) groups excluding carboxylic acids is 1. The maximum absolute atomic E-state index is 13.4. The van der Waals surface area contributed by atoms with E-state index < -0.39 is 34.4 Å². The second-order valence-corrected chi connectivity index (χ2v) is 7.32. The fourth-order valence-electron chi connectivity index (χ4n) is 2.46. The molecule has 158 valence electrons. The topological polar surface area (TPSA) is 86.3 Å². The van der Waals surface area contributed by atoms with Gasteiger partial charge in [-0.1, -0.05) is 5.57 Å². The summed E-state index contributed by atoms with van der Waals surface area (Å²) in [6.07, 6.45) is -3.14. The highest BCUT2D eigenvalue weighted by Crippen LogP contribution is 2.34. The smallest absolute Gasteiger partial charge is 0.419 e. The van der Waals surface area contributed by atoms with Crippen molar-refractivity contribution in [2.75, 3.05) is 11.9 Å². The molecule has 6 nitrogen and oxygen atoms in total. The van der Waals surface area contributed by atoms with Crippen molar-refractivity contribution in [1.82, 2.24) is 4.57 Å². The fourth-order valence-corrected chi connectivity index (χ4v) is 3.06. The number of ether oxygens (including phenoxy) is 1. The second kappa shape index (κ2) is 8.78.